The molecule has 2 heterocycles. The fourth-order valence-electron chi connectivity index (χ4n) is 4.06. The topological polar surface area (TPSA) is 35.7 Å². The van der Waals surface area contributed by atoms with Crippen LogP contribution in [0.1, 0.15) is 31.2 Å². The number of hydrogen-bond acceptors (Lipinski definition) is 3. The van der Waals surface area contributed by atoms with Crippen LogP contribution in [0.15, 0.2) is 48.5 Å². The second-order valence-corrected chi connectivity index (χ2v) is 7.43. The molecular formula is C21H24ClN2O2+. The zero-order valence-electron chi connectivity index (χ0n) is 15.0. The Balaban J connectivity index is 1.79. The Bertz CT molecular complexity index is 834. The highest BCUT2D eigenvalue weighted by molar-refractivity contribution is 6.30. The molecule has 1 atom stereocenters. The van der Waals surface area contributed by atoms with Gasteiger partial charge in [-0.3, -0.25) is 0 Å². The number of aliphatic hydroxyl groups is 1. The molecule has 0 aliphatic carbocycles. The van der Waals surface area contributed by atoms with Gasteiger partial charge in [0.1, 0.15) is 11.4 Å². The van der Waals surface area contributed by atoms with Gasteiger partial charge in [-0.1, -0.05) is 17.7 Å². The van der Waals surface area contributed by atoms with Crippen LogP contribution in [0, 0.1) is 0 Å². The van der Waals surface area contributed by atoms with Gasteiger partial charge < -0.3 is 9.84 Å². The molecule has 0 amide bonds. The van der Waals surface area contributed by atoms with Crippen molar-refractivity contribution in [3.8, 4) is 5.75 Å². The highest BCUT2D eigenvalue weighted by atomic mass is 35.5. The molecular weight excluding hydrogens is 348 g/mol. The van der Waals surface area contributed by atoms with E-state index in [0.717, 1.165) is 42.8 Å². The molecule has 5 heteroatoms. The van der Waals surface area contributed by atoms with Gasteiger partial charge in [-0.05, 0) is 55.7 Å². The van der Waals surface area contributed by atoms with Crippen LogP contribution < -0.4 is 9.64 Å². The lowest BCUT2D eigenvalue weighted by Gasteiger charge is -2.23. The van der Waals surface area contributed by atoms with Crippen LogP contribution in [-0.2, 0) is 5.72 Å². The van der Waals surface area contributed by atoms with Crippen LogP contribution in [-0.4, -0.2) is 35.7 Å². The number of amidine groups is 1. The third kappa shape index (κ3) is 2.97. The van der Waals surface area contributed by atoms with E-state index in [1.807, 2.05) is 42.5 Å². The first-order chi connectivity index (χ1) is 12.6. The Hall–Kier alpha value is -2.04. The van der Waals surface area contributed by atoms with Crippen LogP contribution in [0.3, 0.4) is 0 Å². The quantitative estimate of drug-likeness (QED) is 0.828. The lowest BCUT2D eigenvalue weighted by Crippen LogP contribution is -2.41. The van der Waals surface area contributed by atoms with E-state index in [9.17, 15) is 5.11 Å². The zero-order valence-corrected chi connectivity index (χ0v) is 15.7. The Morgan fingerprint density at radius 3 is 2.65 bits per heavy atom. The number of halogens is 1. The molecule has 0 unspecified atom stereocenters. The maximum Gasteiger partial charge on any atom is 0.271 e. The molecule has 136 valence electrons. The SMILES string of the molecule is COc1ccc([C@@]2(O)CN(c3cccc(Cl)c3)C3=[N+]2CCCCC3)cc1. The lowest BCUT2D eigenvalue weighted by molar-refractivity contribution is -0.658. The fourth-order valence-corrected chi connectivity index (χ4v) is 4.24. The summed E-state index contributed by atoms with van der Waals surface area (Å²) in [5.41, 5.74) is 0.875. The summed E-state index contributed by atoms with van der Waals surface area (Å²) in [5, 5.41) is 12.4. The Labute approximate surface area is 159 Å². The minimum absolute atomic E-state index is 0.495. The average Bonchev–Trinajstić information content (AvgIpc) is 2.81. The summed E-state index contributed by atoms with van der Waals surface area (Å²) in [4.78, 5) is 2.22. The van der Waals surface area contributed by atoms with Crippen LogP contribution in [0.25, 0.3) is 0 Å². The van der Waals surface area contributed by atoms with E-state index < -0.39 is 5.72 Å². The van der Waals surface area contributed by atoms with Gasteiger partial charge in [0.2, 0.25) is 0 Å². The number of rotatable bonds is 3. The second kappa shape index (κ2) is 6.93. The van der Waals surface area contributed by atoms with Crippen molar-refractivity contribution in [2.75, 3.05) is 25.1 Å². The van der Waals surface area contributed by atoms with Gasteiger partial charge in [-0.25, -0.2) is 9.48 Å². The van der Waals surface area contributed by atoms with Crippen molar-refractivity contribution < 1.29 is 14.4 Å². The largest absolute Gasteiger partial charge is 0.497 e. The van der Waals surface area contributed by atoms with Gasteiger partial charge in [0, 0.05) is 23.1 Å². The molecule has 0 radical (unpaired) electrons. The van der Waals surface area contributed by atoms with Crippen molar-refractivity contribution in [3.63, 3.8) is 0 Å². The highest BCUT2D eigenvalue weighted by Crippen LogP contribution is 2.36. The summed E-state index contributed by atoms with van der Waals surface area (Å²) < 4.78 is 7.45. The van der Waals surface area contributed by atoms with Crippen molar-refractivity contribution in [1.82, 2.24) is 0 Å². The van der Waals surface area contributed by atoms with Crippen LogP contribution >= 0.6 is 11.6 Å². The summed E-state index contributed by atoms with van der Waals surface area (Å²) >= 11 is 6.23. The number of benzene rings is 2. The molecule has 0 fully saturated rings. The average molecular weight is 372 g/mol. The zero-order chi connectivity index (χ0) is 18.1. The predicted octanol–water partition coefficient (Wildman–Crippen LogP) is 4.00. The maximum absolute atomic E-state index is 11.7. The molecule has 0 saturated heterocycles. The predicted molar refractivity (Wildman–Crippen MR) is 104 cm³/mol. The summed E-state index contributed by atoms with van der Waals surface area (Å²) in [6.07, 6.45) is 4.37. The van der Waals surface area contributed by atoms with Crippen LogP contribution in [0.4, 0.5) is 5.69 Å². The van der Waals surface area contributed by atoms with Gasteiger partial charge in [0.25, 0.3) is 11.6 Å². The van der Waals surface area contributed by atoms with Crippen molar-refractivity contribution in [3.05, 3.63) is 59.1 Å². The van der Waals surface area contributed by atoms with E-state index >= 15 is 0 Å². The Kier molecular flexibility index (Phi) is 4.63. The van der Waals surface area contributed by atoms with Crippen molar-refractivity contribution in [2.45, 2.75) is 31.4 Å². The number of ether oxygens (including phenoxy) is 1. The summed E-state index contributed by atoms with van der Waals surface area (Å²) in [7, 11) is 1.65. The Morgan fingerprint density at radius 1 is 1.12 bits per heavy atom. The van der Waals surface area contributed by atoms with Gasteiger partial charge in [-0.15, -0.1) is 0 Å². The number of hydrogen-bond donors (Lipinski definition) is 1. The molecule has 0 spiro atoms. The molecule has 2 aliphatic heterocycles. The minimum Gasteiger partial charge on any atom is -0.497 e. The molecule has 1 N–H and O–H groups in total. The van der Waals surface area contributed by atoms with Gasteiger partial charge >= 0.3 is 0 Å². The first-order valence-electron chi connectivity index (χ1n) is 9.15. The standard InChI is InChI=1S/C21H24ClN2O2/c1-26-19-11-9-16(10-12-19)21(25)15-23(18-7-5-6-17(22)14-18)20-8-3-2-4-13-24(20)21/h5-7,9-12,14,25H,2-4,8,13,15H2,1H3/q+1/t21-/m0/s1. The molecule has 2 aromatic rings. The molecule has 2 aromatic carbocycles. The smallest absolute Gasteiger partial charge is 0.271 e. The van der Waals surface area contributed by atoms with Crippen LogP contribution in [0.5, 0.6) is 5.75 Å². The first kappa shape index (κ1) is 17.4. The van der Waals surface area contributed by atoms with Gasteiger partial charge in [-0.2, -0.15) is 0 Å². The third-order valence-corrected chi connectivity index (χ3v) is 5.64. The lowest BCUT2D eigenvalue weighted by atomic mass is 10.0. The van der Waals surface area contributed by atoms with E-state index in [1.165, 1.54) is 12.3 Å². The van der Waals surface area contributed by atoms with Crippen molar-refractivity contribution >= 4 is 23.1 Å². The number of methoxy groups -OCH3 is 1. The van der Waals surface area contributed by atoms with E-state index in [2.05, 4.69) is 15.5 Å². The Morgan fingerprint density at radius 2 is 1.92 bits per heavy atom. The summed E-state index contributed by atoms with van der Waals surface area (Å²) in [5.74, 6) is 1.98. The van der Waals surface area contributed by atoms with E-state index in [-0.39, 0.29) is 0 Å². The molecule has 4 nitrogen and oxygen atoms in total. The second-order valence-electron chi connectivity index (χ2n) is 6.99. The molecule has 0 saturated carbocycles. The first-order valence-corrected chi connectivity index (χ1v) is 9.53. The van der Waals surface area contributed by atoms with Crippen LogP contribution in [0.2, 0.25) is 5.02 Å². The molecule has 0 bridgehead atoms. The fraction of sp³-hybridized carbons (Fsp3) is 0.381. The summed E-state index contributed by atoms with van der Waals surface area (Å²) in [6.45, 7) is 1.35. The van der Waals surface area contributed by atoms with Gasteiger partial charge in [0.15, 0.2) is 6.54 Å². The van der Waals surface area contributed by atoms with Gasteiger partial charge in [0.05, 0.1) is 13.7 Å². The van der Waals surface area contributed by atoms with Crippen molar-refractivity contribution in [2.24, 2.45) is 0 Å². The molecule has 26 heavy (non-hydrogen) atoms. The molecule has 0 aromatic heterocycles. The highest BCUT2D eigenvalue weighted by Gasteiger charge is 2.51. The van der Waals surface area contributed by atoms with E-state index in [0.29, 0.717) is 11.6 Å². The number of anilines is 1. The third-order valence-electron chi connectivity index (χ3n) is 5.40. The number of nitrogens with zero attached hydrogens (tertiary/aromatic N) is 2. The van der Waals surface area contributed by atoms with E-state index in [4.69, 9.17) is 16.3 Å². The maximum atomic E-state index is 11.7. The molecule has 2 aliphatic rings. The normalized spacial score (nSPS) is 23.0. The summed E-state index contributed by atoms with van der Waals surface area (Å²) in [6, 6.07) is 15.6. The minimum atomic E-state index is -1.05. The van der Waals surface area contributed by atoms with Crippen molar-refractivity contribution in [1.29, 1.82) is 0 Å². The number of β-amino-alcohol motifs (C(OH)–C–C–N with tert-alkyl or cyclic N) is 1. The molecule has 4 rings (SSSR count). The monoisotopic (exact) mass is 371 g/mol. The van der Waals surface area contributed by atoms with E-state index in [1.54, 1.807) is 7.11 Å².